The van der Waals surface area contributed by atoms with Crippen molar-refractivity contribution in [1.82, 2.24) is 0 Å². The summed E-state index contributed by atoms with van der Waals surface area (Å²) in [7, 11) is 1.36. The summed E-state index contributed by atoms with van der Waals surface area (Å²) in [5.74, 6) is -0.264. The van der Waals surface area contributed by atoms with E-state index in [4.69, 9.17) is 11.6 Å². The number of esters is 1. The molecule has 0 bridgehead atoms. The molecule has 0 aromatic heterocycles. The highest BCUT2D eigenvalue weighted by Gasteiger charge is 2.39. The van der Waals surface area contributed by atoms with Crippen LogP contribution in [-0.2, 0) is 9.53 Å². The molecule has 0 saturated heterocycles. The Kier molecular flexibility index (Phi) is 3.35. The molecule has 0 radical (unpaired) electrons. The minimum absolute atomic E-state index is 0.126. The number of halogens is 1. The molecule has 0 aromatic rings. The van der Waals surface area contributed by atoms with Crippen LogP contribution in [0.2, 0.25) is 0 Å². The molecule has 1 N–H and O–H groups in total. The Morgan fingerprint density at radius 1 is 1.67 bits per heavy atom. The van der Waals surface area contributed by atoms with Crippen molar-refractivity contribution in [2.45, 2.75) is 18.9 Å². The number of aliphatic hydroxyl groups is 1. The molecule has 0 spiro atoms. The molecule has 1 aliphatic rings. The van der Waals surface area contributed by atoms with Gasteiger partial charge in [0.2, 0.25) is 0 Å². The summed E-state index contributed by atoms with van der Waals surface area (Å²) in [4.78, 5) is 11.1. The lowest BCUT2D eigenvalue weighted by molar-refractivity contribution is -0.147. The number of alkyl halides is 1. The van der Waals surface area contributed by atoms with Crippen LogP contribution in [0.15, 0.2) is 0 Å². The molecule has 0 aliphatic heterocycles. The monoisotopic (exact) mass is 192 g/mol. The van der Waals surface area contributed by atoms with Crippen molar-refractivity contribution in [1.29, 1.82) is 0 Å². The summed E-state index contributed by atoms with van der Waals surface area (Å²) in [6.45, 7) is 0. The van der Waals surface area contributed by atoms with Crippen LogP contribution < -0.4 is 0 Å². The van der Waals surface area contributed by atoms with E-state index in [1.54, 1.807) is 0 Å². The van der Waals surface area contributed by atoms with Crippen LogP contribution in [0.25, 0.3) is 0 Å². The second-order valence-electron chi connectivity index (χ2n) is 3.09. The molecule has 1 rings (SSSR count). The fraction of sp³-hybridized carbons (Fsp3) is 0.875. The Balaban J connectivity index is 2.60. The minimum Gasteiger partial charge on any atom is -0.469 e. The van der Waals surface area contributed by atoms with Crippen molar-refractivity contribution in [3.05, 3.63) is 0 Å². The van der Waals surface area contributed by atoms with Crippen LogP contribution in [0, 0.1) is 11.8 Å². The lowest BCUT2D eigenvalue weighted by Crippen LogP contribution is -2.27. The third kappa shape index (κ3) is 1.72. The number of aliphatic hydroxyl groups excluding tert-OH is 1. The van der Waals surface area contributed by atoms with Gasteiger partial charge in [-0.1, -0.05) is 0 Å². The fourth-order valence-electron chi connectivity index (χ4n) is 1.70. The highest BCUT2D eigenvalue weighted by molar-refractivity contribution is 6.18. The highest BCUT2D eigenvalue weighted by Crippen LogP contribution is 2.33. The maximum Gasteiger partial charge on any atom is 0.309 e. The van der Waals surface area contributed by atoms with Crippen LogP contribution in [0.3, 0.4) is 0 Å². The Labute approximate surface area is 76.7 Å². The van der Waals surface area contributed by atoms with Crippen LogP contribution in [0.4, 0.5) is 0 Å². The van der Waals surface area contributed by atoms with Gasteiger partial charge in [-0.05, 0) is 12.8 Å². The van der Waals surface area contributed by atoms with Crippen LogP contribution in [-0.4, -0.2) is 30.2 Å². The predicted octanol–water partition coefficient (Wildman–Crippen LogP) is 0.785. The molecule has 1 fully saturated rings. The molecule has 70 valence electrons. The van der Waals surface area contributed by atoms with E-state index in [1.807, 2.05) is 0 Å². The molecule has 3 atom stereocenters. The van der Waals surface area contributed by atoms with Gasteiger partial charge in [0.1, 0.15) is 0 Å². The molecule has 4 heteroatoms. The zero-order valence-electron chi connectivity index (χ0n) is 7.00. The van der Waals surface area contributed by atoms with E-state index in [2.05, 4.69) is 4.74 Å². The van der Waals surface area contributed by atoms with Crippen LogP contribution >= 0.6 is 11.6 Å². The van der Waals surface area contributed by atoms with E-state index in [0.717, 1.165) is 0 Å². The van der Waals surface area contributed by atoms with Gasteiger partial charge in [0, 0.05) is 11.8 Å². The number of methoxy groups -OCH3 is 1. The third-order valence-electron chi connectivity index (χ3n) is 2.47. The molecule has 1 saturated carbocycles. The number of hydrogen-bond acceptors (Lipinski definition) is 3. The predicted molar refractivity (Wildman–Crippen MR) is 45.0 cm³/mol. The van der Waals surface area contributed by atoms with Gasteiger partial charge >= 0.3 is 5.97 Å². The lowest BCUT2D eigenvalue weighted by Gasteiger charge is -2.16. The second kappa shape index (κ2) is 4.10. The summed E-state index contributed by atoms with van der Waals surface area (Å²) >= 11 is 5.63. The first kappa shape index (κ1) is 9.81. The zero-order chi connectivity index (χ0) is 9.14. The smallest absolute Gasteiger partial charge is 0.309 e. The topological polar surface area (TPSA) is 46.5 Å². The SMILES string of the molecule is COC(=O)C1CCC(O)C1CCl. The van der Waals surface area contributed by atoms with Crippen molar-refractivity contribution in [2.75, 3.05) is 13.0 Å². The normalized spacial score (nSPS) is 35.1. The minimum atomic E-state index is -0.438. The second-order valence-corrected chi connectivity index (χ2v) is 3.40. The maximum atomic E-state index is 11.1. The third-order valence-corrected chi connectivity index (χ3v) is 2.82. The van der Waals surface area contributed by atoms with E-state index in [1.165, 1.54) is 7.11 Å². The number of hydrogen-bond donors (Lipinski definition) is 1. The van der Waals surface area contributed by atoms with Gasteiger partial charge in [0.25, 0.3) is 0 Å². The number of carbonyl (C=O) groups excluding carboxylic acids is 1. The van der Waals surface area contributed by atoms with Crippen molar-refractivity contribution in [3.8, 4) is 0 Å². The molecule has 0 heterocycles. The first-order valence-corrected chi connectivity index (χ1v) is 4.56. The van der Waals surface area contributed by atoms with Gasteiger partial charge in [0.15, 0.2) is 0 Å². The summed E-state index contributed by atoms with van der Waals surface area (Å²) in [5.41, 5.74) is 0. The fourth-order valence-corrected chi connectivity index (χ4v) is 2.12. The highest BCUT2D eigenvalue weighted by atomic mass is 35.5. The summed E-state index contributed by atoms with van der Waals surface area (Å²) in [6, 6.07) is 0. The largest absolute Gasteiger partial charge is 0.469 e. The van der Waals surface area contributed by atoms with Gasteiger partial charge in [-0.25, -0.2) is 0 Å². The van der Waals surface area contributed by atoms with E-state index in [-0.39, 0.29) is 17.8 Å². The average molecular weight is 193 g/mol. The standard InChI is InChI=1S/C8H13ClO3/c1-12-8(11)5-2-3-7(10)6(5)4-9/h5-7,10H,2-4H2,1H3. The summed E-state index contributed by atoms with van der Waals surface area (Å²) in [5, 5.41) is 9.41. The quantitative estimate of drug-likeness (QED) is 0.520. The van der Waals surface area contributed by atoms with Crippen molar-refractivity contribution in [3.63, 3.8) is 0 Å². The Hall–Kier alpha value is -0.280. The first-order chi connectivity index (χ1) is 5.70. The van der Waals surface area contributed by atoms with Crippen molar-refractivity contribution in [2.24, 2.45) is 11.8 Å². The van der Waals surface area contributed by atoms with Gasteiger partial charge in [-0.3, -0.25) is 4.79 Å². The van der Waals surface area contributed by atoms with E-state index in [9.17, 15) is 9.90 Å². The van der Waals surface area contributed by atoms with Crippen molar-refractivity contribution < 1.29 is 14.6 Å². The number of ether oxygens (including phenoxy) is 1. The van der Waals surface area contributed by atoms with Crippen molar-refractivity contribution >= 4 is 17.6 Å². The molecule has 3 unspecified atom stereocenters. The van der Waals surface area contributed by atoms with Gasteiger partial charge in [-0.15, -0.1) is 11.6 Å². The van der Waals surface area contributed by atoms with Gasteiger partial charge < -0.3 is 9.84 Å². The Morgan fingerprint density at radius 3 is 2.83 bits per heavy atom. The van der Waals surface area contributed by atoms with E-state index >= 15 is 0 Å². The molecular formula is C8H13ClO3. The average Bonchev–Trinajstić information content (AvgIpc) is 2.45. The molecular weight excluding hydrogens is 180 g/mol. The molecule has 3 nitrogen and oxygen atoms in total. The van der Waals surface area contributed by atoms with Crippen LogP contribution in [0.5, 0.6) is 0 Å². The lowest BCUT2D eigenvalue weighted by atomic mass is 9.97. The first-order valence-electron chi connectivity index (χ1n) is 4.02. The van der Waals surface area contributed by atoms with Gasteiger partial charge in [-0.2, -0.15) is 0 Å². The summed E-state index contributed by atoms with van der Waals surface area (Å²) in [6.07, 6.45) is 0.897. The molecule has 0 amide bonds. The Bertz CT molecular complexity index is 172. The van der Waals surface area contributed by atoms with Gasteiger partial charge in [0.05, 0.1) is 19.1 Å². The summed E-state index contributed by atoms with van der Waals surface area (Å²) < 4.78 is 4.61. The number of rotatable bonds is 2. The maximum absolute atomic E-state index is 11.1. The number of carbonyl (C=O) groups is 1. The zero-order valence-corrected chi connectivity index (χ0v) is 7.75. The van der Waals surface area contributed by atoms with E-state index < -0.39 is 6.10 Å². The Morgan fingerprint density at radius 2 is 2.33 bits per heavy atom. The molecule has 0 aromatic carbocycles. The molecule has 1 aliphatic carbocycles. The molecule has 12 heavy (non-hydrogen) atoms. The van der Waals surface area contributed by atoms with E-state index in [0.29, 0.717) is 18.7 Å². The van der Waals surface area contributed by atoms with Crippen LogP contribution in [0.1, 0.15) is 12.8 Å².